The summed E-state index contributed by atoms with van der Waals surface area (Å²) in [6.07, 6.45) is 10.7. The van der Waals surface area contributed by atoms with E-state index in [0.29, 0.717) is 12.4 Å². The molecule has 0 amide bonds. The average Bonchev–Trinajstić information content (AvgIpc) is 3.43. The average molecular weight is 428 g/mol. The van der Waals surface area contributed by atoms with Crippen molar-refractivity contribution in [3.8, 4) is 0 Å². The maximum atomic E-state index is 13.5. The fourth-order valence-electron chi connectivity index (χ4n) is 3.28. The van der Waals surface area contributed by atoms with E-state index in [4.69, 9.17) is 0 Å². The van der Waals surface area contributed by atoms with Gasteiger partial charge in [-0.25, -0.2) is 19.3 Å². The van der Waals surface area contributed by atoms with E-state index in [1.807, 2.05) is 52.7 Å². The fraction of sp³-hybridized carbons (Fsp3) is 0.0435. The van der Waals surface area contributed by atoms with Crippen LogP contribution < -0.4 is 5.32 Å². The number of nitrogens with one attached hydrogen (secondary N) is 1. The van der Waals surface area contributed by atoms with Gasteiger partial charge in [-0.05, 0) is 48.0 Å². The van der Waals surface area contributed by atoms with E-state index in [0.717, 1.165) is 32.7 Å². The number of thiazole rings is 1. The second-order valence-electron chi connectivity index (χ2n) is 6.86. The number of nitrogens with zero attached hydrogens (tertiary/aromatic N) is 5. The minimum Gasteiger partial charge on any atom is -0.340 e. The van der Waals surface area contributed by atoms with Gasteiger partial charge < -0.3 is 5.32 Å². The van der Waals surface area contributed by atoms with E-state index in [9.17, 15) is 4.39 Å². The Morgan fingerprint density at radius 1 is 1.06 bits per heavy atom. The third kappa shape index (κ3) is 4.34. The van der Waals surface area contributed by atoms with Crippen LogP contribution in [0.2, 0.25) is 0 Å². The second-order valence-corrected chi connectivity index (χ2v) is 7.79. The van der Waals surface area contributed by atoms with Crippen molar-refractivity contribution in [2.24, 2.45) is 0 Å². The normalized spacial score (nSPS) is 11.4. The second kappa shape index (κ2) is 8.45. The smallest absolute Gasteiger partial charge is 0.141 e. The Labute approximate surface area is 181 Å². The van der Waals surface area contributed by atoms with Crippen LogP contribution in [0, 0.1) is 5.82 Å². The highest BCUT2D eigenvalue weighted by molar-refractivity contribution is 7.10. The van der Waals surface area contributed by atoms with Crippen LogP contribution in [-0.2, 0) is 6.54 Å². The number of benzene rings is 2. The molecule has 0 unspecified atom stereocenters. The Morgan fingerprint density at radius 2 is 2.03 bits per heavy atom. The van der Waals surface area contributed by atoms with E-state index in [-0.39, 0.29) is 5.82 Å². The van der Waals surface area contributed by atoms with E-state index < -0.39 is 0 Å². The number of rotatable bonds is 6. The van der Waals surface area contributed by atoms with Gasteiger partial charge in [0.15, 0.2) is 0 Å². The van der Waals surface area contributed by atoms with Gasteiger partial charge in [0, 0.05) is 34.4 Å². The van der Waals surface area contributed by atoms with Gasteiger partial charge in [-0.1, -0.05) is 12.1 Å². The lowest BCUT2D eigenvalue weighted by Gasteiger charge is -2.09. The van der Waals surface area contributed by atoms with Crippen molar-refractivity contribution >= 4 is 45.9 Å². The number of fused-ring (bicyclic) bond motifs is 1. The zero-order chi connectivity index (χ0) is 21.0. The molecule has 3 heterocycles. The lowest BCUT2D eigenvalue weighted by Crippen LogP contribution is -2.01. The Bertz CT molecular complexity index is 1360. The summed E-state index contributed by atoms with van der Waals surface area (Å²) in [4.78, 5) is 12.8. The van der Waals surface area contributed by atoms with Gasteiger partial charge in [-0.3, -0.25) is 4.68 Å². The summed E-state index contributed by atoms with van der Waals surface area (Å²) in [6.45, 7) is 0.506. The number of hydrogen-bond donors (Lipinski definition) is 1. The Kier molecular flexibility index (Phi) is 5.20. The Morgan fingerprint density at radius 3 is 2.90 bits per heavy atom. The van der Waals surface area contributed by atoms with Crippen LogP contribution in [0.5, 0.6) is 0 Å². The van der Waals surface area contributed by atoms with Crippen molar-refractivity contribution in [3.05, 3.63) is 94.7 Å². The molecule has 0 bridgehead atoms. The lowest BCUT2D eigenvalue weighted by atomic mass is 10.2. The van der Waals surface area contributed by atoms with Crippen LogP contribution in [0.4, 0.5) is 15.9 Å². The van der Waals surface area contributed by atoms with Gasteiger partial charge in [0.25, 0.3) is 0 Å². The van der Waals surface area contributed by atoms with Crippen molar-refractivity contribution in [1.82, 2.24) is 24.7 Å². The Balaban J connectivity index is 1.38. The summed E-state index contributed by atoms with van der Waals surface area (Å²) in [5.74, 6) is 0.458. The zero-order valence-electron chi connectivity index (χ0n) is 16.3. The molecule has 0 saturated heterocycles. The molecule has 3 aromatic heterocycles. The molecule has 1 N–H and O–H groups in total. The van der Waals surface area contributed by atoms with Crippen LogP contribution in [0.25, 0.3) is 23.1 Å². The minimum atomic E-state index is -0.245. The van der Waals surface area contributed by atoms with Crippen molar-refractivity contribution in [2.75, 3.05) is 5.32 Å². The molecule has 0 aliphatic carbocycles. The van der Waals surface area contributed by atoms with Gasteiger partial charge in [0.05, 0.1) is 18.3 Å². The molecular formula is C23H17FN6S. The molecule has 0 fully saturated rings. The molecule has 0 atom stereocenters. The van der Waals surface area contributed by atoms with Gasteiger partial charge in [-0.15, -0.1) is 11.3 Å². The SMILES string of the molecule is Fc1cccc(Cn2ncc3cc(Nc4ncncc4C=Cc4nccs4)ccc32)c1. The van der Waals surface area contributed by atoms with Crippen LogP contribution in [-0.4, -0.2) is 24.7 Å². The molecule has 5 rings (SSSR count). The number of halogens is 1. The maximum Gasteiger partial charge on any atom is 0.141 e. The largest absolute Gasteiger partial charge is 0.340 e. The molecule has 6 nitrogen and oxygen atoms in total. The van der Waals surface area contributed by atoms with Crippen LogP contribution in [0.1, 0.15) is 16.1 Å². The molecule has 152 valence electrons. The quantitative estimate of drug-likeness (QED) is 0.393. The highest BCUT2D eigenvalue weighted by Crippen LogP contribution is 2.24. The van der Waals surface area contributed by atoms with Gasteiger partial charge in [0.2, 0.25) is 0 Å². The summed E-state index contributed by atoms with van der Waals surface area (Å²) in [6, 6.07) is 12.6. The molecule has 0 aliphatic rings. The predicted octanol–water partition coefficient (Wildman–Crippen LogP) is 5.38. The summed E-state index contributed by atoms with van der Waals surface area (Å²) in [7, 11) is 0. The van der Waals surface area contributed by atoms with E-state index in [1.54, 1.807) is 29.8 Å². The maximum absolute atomic E-state index is 13.5. The first-order chi connectivity index (χ1) is 15.2. The molecular weight excluding hydrogens is 411 g/mol. The fourth-order valence-corrected chi connectivity index (χ4v) is 3.81. The van der Waals surface area contributed by atoms with Crippen molar-refractivity contribution in [2.45, 2.75) is 6.54 Å². The predicted molar refractivity (Wildman–Crippen MR) is 122 cm³/mol. The molecule has 5 aromatic rings. The summed E-state index contributed by atoms with van der Waals surface area (Å²) >= 11 is 1.57. The number of anilines is 2. The minimum absolute atomic E-state index is 0.245. The van der Waals surface area contributed by atoms with Gasteiger partial charge in [-0.2, -0.15) is 5.10 Å². The van der Waals surface area contributed by atoms with Crippen LogP contribution in [0.3, 0.4) is 0 Å². The topological polar surface area (TPSA) is 68.5 Å². The van der Waals surface area contributed by atoms with E-state index >= 15 is 0 Å². The summed E-state index contributed by atoms with van der Waals surface area (Å²) in [5.41, 5.74) is 3.59. The Hall–Kier alpha value is -3.91. The molecule has 0 aliphatic heterocycles. The van der Waals surface area contributed by atoms with Crippen LogP contribution in [0.15, 0.2) is 72.8 Å². The molecule has 2 aromatic carbocycles. The highest BCUT2D eigenvalue weighted by atomic mass is 32.1. The third-order valence-corrected chi connectivity index (χ3v) is 5.46. The standard InChI is InChI=1S/C23H17FN6S/c24-19-3-1-2-16(10-19)14-30-21-6-5-20(11-18(21)13-28-30)29-23-17(12-25-15-27-23)4-7-22-26-8-9-31-22/h1-13,15H,14H2,(H,25,27,29). The van der Waals surface area contributed by atoms with Gasteiger partial charge >= 0.3 is 0 Å². The monoisotopic (exact) mass is 428 g/mol. The van der Waals surface area contributed by atoms with Gasteiger partial charge in [0.1, 0.15) is 23.0 Å². The molecule has 0 spiro atoms. The van der Waals surface area contributed by atoms with E-state index in [1.165, 1.54) is 18.5 Å². The first kappa shape index (κ1) is 19.1. The molecule has 31 heavy (non-hydrogen) atoms. The number of hydrogen-bond acceptors (Lipinski definition) is 6. The summed E-state index contributed by atoms with van der Waals surface area (Å²) < 4.78 is 15.3. The lowest BCUT2D eigenvalue weighted by molar-refractivity contribution is 0.621. The molecule has 8 heteroatoms. The molecule has 0 radical (unpaired) electrons. The first-order valence-corrected chi connectivity index (χ1v) is 10.5. The zero-order valence-corrected chi connectivity index (χ0v) is 17.1. The third-order valence-electron chi connectivity index (χ3n) is 4.72. The first-order valence-electron chi connectivity index (χ1n) is 9.59. The number of aromatic nitrogens is 5. The summed E-state index contributed by atoms with van der Waals surface area (Å²) in [5, 5.41) is 11.7. The molecule has 0 saturated carbocycles. The van der Waals surface area contributed by atoms with Crippen molar-refractivity contribution in [3.63, 3.8) is 0 Å². The van der Waals surface area contributed by atoms with Crippen molar-refractivity contribution < 1.29 is 4.39 Å². The van der Waals surface area contributed by atoms with E-state index in [2.05, 4.69) is 25.4 Å². The van der Waals surface area contributed by atoms with Crippen molar-refractivity contribution in [1.29, 1.82) is 0 Å². The van der Waals surface area contributed by atoms with Crippen LogP contribution >= 0.6 is 11.3 Å². The highest BCUT2D eigenvalue weighted by Gasteiger charge is 2.07.